The van der Waals surface area contributed by atoms with E-state index in [1.807, 2.05) is 0 Å². The fraction of sp³-hybridized carbons (Fsp3) is 0.222. The summed E-state index contributed by atoms with van der Waals surface area (Å²) in [5, 5.41) is 2.87. The van der Waals surface area contributed by atoms with E-state index in [1.165, 1.54) is 31.3 Å². The summed E-state index contributed by atoms with van der Waals surface area (Å²) in [6, 6.07) is 6.40. The van der Waals surface area contributed by atoms with Gasteiger partial charge in [-0.1, -0.05) is 23.2 Å². The van der Waals surface area contributed by atoms with Crippen molar-refractivity contribution in [2.75, 3.05) is 5.32 Å². The van der Waals surface area contributed by atoms with Crippen molar-refractivity contribution in [2.24, 2.45) is 0 Å². The number of nitrogens with one attached hydrogen (secondary N) is 1. The van der Waals surface area contributed by atoms with Crippen LogP contribution in [0, 0.1) is 5.82 Å². The molecule has 0 saturated heterocycles. The third-order valence-corrected chi connectivity index (χ3v) is 3.94. The van der Waals surface area contributed by atoms with Crippen LogP contribution in [0.5, 0.6) is 0 Å². The van der Waals surface area contributed by atoms with Crippen LogP contribution in [0.4, 0.5) is 10.2 Å². The number of esters is 1. The number of ether oxygens (including phenoxy) is 1. The molecule has 0 aliphatic heterocycles. The number of carbonyl (C=O) groups excluding carboxylic acids is 3. The number of amides is 1. The second-order valence-corrected chi connectivity index (χ2v) is 6.38. The molecular weight excluding hydrogens is 398 g/mol. The first-order valence-corrected chi connectivity index (χ1v) is 8.62. The minimum absolute atomic E-state index is 0.0838. The summed E-state index contributed by atoms with van der Waals surface area (Å²) in [5.74, 6) is -2.06. The number of halogens is 3. The number of nitrogens with zero attached hydrogens (tertiary/aromatic N) is 1. The highest BCUT2D eigenvalue weighted by molar-refractivity contribution is 6.36. The Hall–Kier alpha value is -2.51. The van der Waals surface area contributed by atoms with Gasteiger partial charge >= 0.3 is 5.97 Å². The van der Waals surface area contributed by atoms with Crippen LogP contribution in [0.3, 0.4) is 0 Å². The van der Waals surface area contributed by atoms with Crippen molar-refractivity contribution < 1.29 is 23.5 Å². The molecule has 1 aromatic carbocycles. The Morgan fingerprint density at radius 2 is 1.85 bits per heavy atom. The molecule has 6 nitrogen and oxygen atoms in total. The molecule has 2 aromatic rings. The molecule has 0 spiro atoms. The van der Waals surface area contributed by atoms with Gasteiger partial charge in [-0.05, 0) is 37.3 Å². The number of anilines is 1. The molecule has 1 atom stereocenters. The normalized spacial score (nSPS) is 11.6. The van der Waals surface area contributed by atoms with E-state index in [1.54, 1.807) is 0 Å². The molecule has 27 heavy (non-hydrogen) atoms. The van der Waals surface area contributed by atoms with Gasteiger partial charge in [-0.25, -0.2) is 9.37 Å². The van der Waals surface area contributed by atoms with E-state index in [2.05, 4.69) is 10.3 Å². The second-order valence-electron chi connectivity index (χ2n) is 5.54. The summed E-state index contributed by atoms with van der Waals surface area (Å²) >= 11 is 11.6. The van der Waals surface area contributed by atoms with Gasteiger partial charge in [-0.3, -0.25) is 14.4 Å². The Morgan fingerprint density at radius 3 is 2.48 bits per heavy atom. The molecule has 1 N–H and O–H groups in total. The fourth-order valence-corrected chi connectivity index (χ4v) is 2.46. The summed E-state index contributed by atoms with van der Waals surface area (Å²) in [6.45, 7) is 1.37. The Labute approximate surface area is 164 Å². The minimum Gasteiger partial charge on any atom is -0.453 e. The predicted molar refractivity (Wildman–Crippen MR) is 98.4 cm³/mol. The van der Waals surface area contributed by atoms with Crippen molar-refractivity contribution in [1.29, 1.82) is 0 Å². The first kappa shape index (κ1) is 20.8. The van der Waals surface area contributed by atoms with Crippen LogP contribution < -0.4 is 5.32 Å². The highest BCUT2D eigenvalue weighted by Crippen LogP contribution is 2.22. The van der Waals surface area contributed by atoms with E-state index >= 15 is 0 Å². The van der Waals surface area contributed by atoms with Crippen molar-refractivity contribution >= 4 is 46.7 Å². The number of hydrogen-bond acceptors (Lipinski definition) is 5. The molecular formula is C18H15Cl2FN2O4. The van der Waals surface area contributed by atoms with E-state index in [0.717, 1.165) is 12.1 Å². The molecule has 0 unspecified atom stereocenters. The van der Waals surface area contributed by atoms with Gasteiger partial charge in [-0.2, -0.15) is 0 Å². The first-order chi connectivity index (χ1) is 12.8. The van der Waals surface area contributed by atoms with E-state index in [4.69, 9.17) is 27.9 Å². The van der Waals surface area contributed by atoms with Crippen molar-refractivity contribution in [3.05, 3.63) is 58.0 Å². The Bertz CT molecular complexity index is 859. The molecule has 0 aliphatic rings. The highest BCUT2D eigenvalue weighted by atomic mass is 35.5. The lowest BCUT2D eigenvalue weighted by Crippen LogP contribution is -2.30. The van der Waals surface area contributed by atoms with Gasteiger partial charge in [0.05, 0.1) is 16.5 Å². The number of Topliss-reactive ketones (excluding diaryl/α,β-unsaturated/α-hetero) is 1. The molecule has 1 amide bonds. The maximum Gasteiger partial charge on any atom is 0.307 e. The Balaban J connectivity index is 1.82. The van der Waals surface area contributed by atoms with Crippen LogP contribution in [-0.4, -0.2) is 28.7 Å². The predicted octanol–water partition coefficient (Wildman–Crippen LogP) is 4.06. The summed E-state index contributed by atoms with van der Waals surface area (Å²) < 4.78 is 17.8. The quantitative estimate of drug-likeness (QED) is 0.547. The Morgan fingerprint density at radius 1 is 1.19 bits per heavy atom. The lowest BCUT2D eigenvalue weighted by molar-refractivity contribution is -0.153. The minimum atomic E-state index is -1.12. The van der Waals surface area contributed by atoms with Gasteiger partial charge in [0.15, 0.2) is 17.7 Å². The number of benzene rings is 1. The van der Waals surface area contributed by atoms with Crippen LogP contribution in [0.1, 0.15) is 30.1 Å². The zero-order chi connectivity index (χ0) is 20.0. The van der Waals surface area contributed by atoms with Crippen LogP contribution in [0.25, 0.3) is 0 Å². The molecule has 0 radical (unpaired) electrons. The van der Waals surface area contributed by atoms with Crippen molar-refractivity contribution in [3.8, 4) is 0 Å². The average Bonchev–Trinajstić information content (AvgIpc) is 2.62. The largest absolute Gasteiger partial charge is 0.453 e. The lowest BCUT2D eigenvalue weighted by Gasteiger charge is -2.13. The highest BCUT2D eigenvalue weighted by Gasteiger charge is 2.20. The number of aromatic nitrogens is 1. The van der Waals surface area contributed by atoms with E-state index in [-0.39, 0.29) is 29.5 Å². The first-order valence-electron chi connectivity index (χ1n) is 7.86. The van der Waals surface area contributed by atoms with E-state index in [9.17, 15) is 18.8 Å². The van der Waals surface area contributed by atoms with Crippen molar-refractivity contribution in [1.82, 2.24) is 4.98 Å². The maximum atomic E-state index is 12.8. The molecule has 142 valence electrons. The van der Waals surface area contributed by atoms with Crippen LogP contribution in [0.15, 0.2) is 36.5 Å². The van der Waals surface area contributed by atoms with Crippen LogP contribution in [-0.2, 0) is 14.3 Å². The molecule has 0 saturated carbocycles. The van der Waals surface area contributed by atoms with Crippen LogP contribution >= 0.6 is 23.2 Å². The third kappa shape index (κ3) is 6.30. The molecule has 1 aromatic heterocycles. The molecule has 2 rings (SSSR count). The van der Waals surface area contributed by atoms with Gasteiger partial charge in [0.1, 0.15) is 5.82 Å². The van der Waals surface area contributed by atoms with Crippen LogP contribution in [0.2, 0.25) is 10.0 Å². The van der Waals surface area contributed by atoms with E-state index < -0.39 is 23.8 Å². The summed E-state index contributed by atoms with van der Waals surface area (Å²) in [4.78, 5) is 39.7. The fourth-order valence-electron chi connectivity index (χ4n) is 2.03. The second kappa shape index (κ2) is 9.43. The lowest BCUT2D eigenvalue weighted by atomic mass is 10.1. The number of hydrogen-bond donors (Lipinski definition) is 1. The third-order valence-electron chi connectivity index (χ3n) is 3.45. The smallest absolute Gasteiger partial charge is 0.307 e. The molecule has 0 aliphatic carbocycles. The molecule has 9 heteroatoms. The standard InChI is InChI=1S/C18H15Cl2FN2O4/c1-10(18(26)23-17-14(20)8-12(19)9-22-17)27-16(25)7-6-15(24)11-2-4-13(21)5-3-11/h2-5,8-10H,6-7H2,1H3,(H,22,23,26)/t10-/m0/s1. The van der Waals surface area contributed by atoms with Gasteiger partial charge in [0.25, 0.3) is 5.91 Å². The van der Waals surface area contributed by atoms with E-state index in [0.29, 0.717) is 10.6 Å². The number of ketones is 1. The SMILES string of the molecule is C[C@H](OC(=O)CCC(=O)c1ccc(F)cc1)C(=O)Nc1ncc(Cl)cc1Cl. The summed E-state index contributed by atoms with van der Waals surface area (Å²) in [5.41, 5.74) is 0.290. The zero-order valence-electron chi connectivity index (χ0n) is 14.2. The zero-order valence-corrected chi connectivity index (χ0v) is 15.7. The number of pyridine rings is 1. The monoisotopic (exact) mass is 412 g/mol. The number of carbonyl (C=O) groups is 3. The molecule has 0 fully saturated rings. The van der Waals surface area contributed by atoms with Gasteiger partial charge < -0.3 is 10.1 Å². The van der Waals surface area contributed by atoms with Gasteiger partial charge in [0, 0.05) is 18.2 Å². The summed E-state index contributed by atoms with van der Waals surface area (Å²) in [6.07, 6.45) is -0.148. The average molecular weight is 413 g/mol. The molecule has 0 bridgehead atoms. The number of rotatable bonds is 7. The maximum absolute atomic E-state index is 12.8. The molecule has 1 heterocycles. The van der Waals surface area contributed by atoms with Gasteiger partial charge in [0.2, 0.25) is 0 Å². The van der Waals surface area contributed by atoms with Crippen molar-refractivity contribution in [2.45, 2.75) is 25.9 Å². The van der Waals surface area contributed by atoms with Crippen molar-refractivity contribution in [3.63, 3.8) is 0 Å². The topological polar surface area (TPSA) is 85.4 Å². The Kier molecular flexibility index (Phi) is 7.27. The summed E-state index contributed by atoms with van der Waals surface area (Å²) in [7, 11) is 0. The van der Waals surface area contributed by atoms with Gasteiger partial charge in [-0.15, -0.1) is 0 Å².